The first-order chi connectivity index (χ1) is 14.3. The third-order valence-corrected chi connectivity index (χ3v) is 6.90. The number of fused-ring (bicyclic) bond motifs is 1. The zero-order valence-corrected chi connectivity index (χ0v) is 18.3. The number of carbonyl (C=O) groups is 1. The number of rotatable bonds is 10. The zero-order chi connectivity index (χ0) is 21.7. The van der Waals surface area contributed by atoms with E-state index < -0.39 is 11.6 Å². The van der Waals surface area contributed by atoms with Gasteiger partial charge >= 0.3 is 5.97 Å². The Morgan fingerprint density at radius 3 is 2.77 bits per heavy atom. The molecular weight excluding hydrogens is 376 g/mol. The Labute approximate surface area is 180 Å². The maximum Gasteiger partial charge on any atom is 0.335 e. The molecule has 0 radical (unpaired) electrons. The Morgan fingerprint density at radius 1 is 1.27 bits per heavy atom. The van der Waals surface area contributed by atoms with Crippen LogP contribution in [-0.4, -0.2) is 33.0 Å². The van der Waals surface area contributed by atoms with Crippen molar-refractivity contribution in [3.63, 3.8) is 0 Å². The smallest absolute Gasteiger partial charge is 0.335 e. The highest BCUT2D eigenvalue weighted by Gasteiger charge is 2.43. The molecular formula is C26H36O4. The Balaban J connectivity index is 1.56. The number of carboxylic acids is 1. The topological polar surface area (TPSA) is 77.8 Å². The van der Waals surface area contributed by atoms with E-state index in [0.717, 1.165) is 50.5 Å². The summed E-state index contributed by atoms with van der Waals surface area (Å²) in [5.41, 5.74) is 1.98. The minimum atomic E-state index is -0.869. The van der Waals surface area contributed by atoms with E-state index in [2.05, 4.69) is 25.2 Å². The zero-order valence-electron chi connectivity index (χ0n) is 18.3. The van der Waals surface area contributed by atoms with Crippen LogP contribution < -0.4 is 0 Å². The molecule has 3 N–H and O–H groups in total. The molecule has 0 aromatic heterocycles. The van der Waals surface area contributed by atoms with E-state index in [1.54, 1.807) is 12.1 Å². The third kappa shape index (κ3) is 5.61. The van der Waals surface area contributed by atoms with Crippen LogP contribution >= 0.6 is 0 Å². The summed E-state index contributed by atoms with van der Waals surface area (Å²) in [5.74, 6) is 0.0876. The fourth-order valence-electron chi connectivity index (χ4n) is 5.17. The normalized spacial score (nSPS) is 27.8. The summed E-state index contributed by atoms with van der Waals surface area (Å²) in [7, 11) is 0. The number of allylic oxidation sites excluding steroid dienone is 2. The molecule has 2 aliphatic carbocycles. The van der Waals surface area contributed by atoms with Gasteiger partial charge in [-0.05, 0) is 68.9 Å². The van der Waals surface area contributed by atoms with Crippen LogP contribution in [0.2, 0.25) is 0 Å². The molecule has 1 aromatic carbocycles. The SMILES string of the molecule is CCCC[C@](C)(O)C/C=C/[C@H]1[C@H]2CC(CCc3ccccc3C(=O)O)=C[C@H]2C[C@H]1O. The van der Waals surface area contributed by atoms with Crippen LogP contribution in [0.25, 0.3) is 0 Å². The highest BCUT2D eigenvalue weighted by Crippen LogP contribution is 2.48. The van der Waals surface area contributed by atoms with E-state index in [1.165, 1.54) is 5.57 Å². The number of hydrogen-bond acceptors (Lipinski definition) is 3. The van der Waals surface area contributed by atoms with Crippen molar-refractivity contribution in [1.82, 2.24) is 0 Å². The second-order valence-electron chi connectivity index (χ2n) is 9.43. The fourth-order valence-corrected chi connectivity index (χ4v) is 5.17. The van der Waals surface area contributed by atoms with Gasteiger partial charge in [0, 0.05) is 5.92 Å². The van der Waals surface area contributed by atoms with Gasteiger partial charge in [-0.25, -0.2) is 4.79 Å². The monoisotopic (exact) mass is 412 g/mol. The molecule has 3 rings (SSSR count). The molecule has 1 aromatic rings. The van der Waals surface area contributed by atoms with Crippen LogP contribution in [0.1, 0.15) is 74.7 Å². The molecule has 4 nitrogen and oxygen atoms in total. The molecule has 0 unspecified atom stereocenters. The molecule has 0 amide bonds. The van der Waals surface area contributed by atoms with E-state index in [1.807, 2.05) is 19.1 Å². The lowest BCUT2D eigenvalue weighted by atomic mass is 9.87. The number of unbranched alkanes of at least 4 members (excludes halogenated alkanes) is 1. The Kier molecular flexibility index (Phi) is 7.54. The molecule has 0 heterocycles. The predicted molar refractivity (Wildman–Crippen MR) is 119 cm³/mol. The quantitative estimate of drug-likeness (QED) is 0.465. The highest BCUT2D eigenvalue weighted by molar-refractivity contribution is 5.89. The predicted octanol–water partition coefficient (Wildman–Crippen LogP) is 5.15. The van der Waals surface area contributed by atoms with Gasteiger partial charge < -0.3 is 15.3 Å². The minimum absolute atomic E-state index is 0.136. The van der Waals surface area contributed by atoms with Crippen LogP contribution in [0, 0.1) is 17.8 Å². The number of benzene rings is 1. The first-order valence-corrected chi connectivity index (χ1v) is 11.4. The maximum atomic E-state index is 11.4. The van der Waals surface area contributed by atoms with Gasteiger partial charge in [-0.1, -0.05) is 61.8 Å². The molecule has 4 heteroatoms. The Bertz CT molecular complexity index is 792. The minimum Gasteiger partial charge on any atom is -0.478 e. The molecule has 30 heavy (non-hydrogen) atoms. The summed E-state index contributed by atoms with van der Waals surface area (Å²) in [6.07, 6.45) is 13.1. The standard InChI is InChI=1S/C26H36O4/c1-3-4-13-26(2,30)14-7-10-22-23-16-18(15-20(23)17-24(22)27)11-12-19-8-5-6-9-21(19)25(28)29/h5-10,15,20,22-24,27,30H,3-4,11-14,16-17H2,1-2H3,(H,28,29)/b10-7+/t20-,22-,23-,24+,26-/m0/s1. The van der Waals surface area contributed by atoms with Gasteiger partial charge in [-0.15, -0.1) is 0 Å². The van der Waals surface area contributed by atoms with Crippen molar-refractivity contribution in [3.8, 4) is 0 Å². The largest absolute Gasteiger partial charge is 0.478 e. The molecule has 0 spiro atoms. The average Bonchev–Trinajstić information content (AvgIpc) is 3.22. The van der Waals surface area contributed by atoms with Crippen molar-refractivity contribution in [3.05, 3.63) is 59.2 Å². The molecule has 0 saturated heterocycles. The lowest BCUT2D eigenvalue weighted by Gasteiger charge is -2.22. The van der Waals surface area contributed by atoms with Gasteiger partial charge in [0.25, 0.3) is 0 Å². The molecule has 5 atom stereocenters. The van der Waals surface area contributed by atoms with Crippen molar-refractivity contribution in [2.24, 2.45) is 17.8 Å². The summed E-state index contributed by atoms with van der Waals surface area (Å²) in [5, 5.41) is 30.4. The molecule has 1 fully saturated rings. The summed E-state index contributed by atoms with van der Waals surface area (Å²) in [6, 6.07) is 7.23. The van der Waals surface area contributed by atoms with Gasteiger partial charge in [-0.2, -0.15) is 0 Å². The Morgan fingerprint density at radius 2 is 2.03 bits per heavy atom. The van der Waals surface area contributed by atoms with Gasteiger partial charge in [0.1, 0.15) is 0 Å². The number of carboxylic acid groups (broad SMARTS) is 1. The summed E-state index contributed by atoms with van der Waals surface area (Å²) in [6.45, 7) is 4.02. The Hall–Kier alpha value is -1.91. The molecule has 1 saturated carbocycles. The second kappa shape index (κ2) is 9.93. The number of aliphatic hydroxyl groups excluding tert-OH is 1. The second-order valence-corrected chi connectivity index (χ2v) is 9.43. The van der Waals surface area contributed by atoms with E-state index in [4.69, 9.17) is 0 Å². The average molecular weight is 413 g/mol. The maximum absolute atomic E-state index is 11.4. The van der Waals surface area contributed by atoms with Crippen LogP contribution in [0.15, 0.2) is 48.1 Å². The summed E-state index contributed by atoms with van der Waals surface area (Å²) in [4.78, 5) is 11.4. The van der Waals surface area contributed by atoms with Gasteiger partial charge in [0.05, 0.1) is 17.3 Å². The van der Waals surface area contributed by atoms with E-state index in [9.17, 15) is 20.1 Å². The first-order valence-electron chi connectivity index (χ1n) is 11.4. The third-order valence-electron chi connectivity index (χ3n) is 6.90. The number of aryl methyl sites for hydroxylation is 1. The highest BCUT2D eigenvalue weighted by atomic mass is 16.4. The van der Waals surface area contributed by atoms with Crippen molar-refractivity contribution < 1.29 is 20.1 Å². The molecule has 2 aliphatic rings. The van der Waals surface area contributed by atoms with Crippen LogP contribution in [-0.2, 0) is 6.42 Å². The molecule has 0 aliphatic heterocycles. The van der Waals surface area contributed by atoms with Gasteiger partial charge in [0.15, 0.2) is 0 Å². The van der Waals surface area contributed by atoms with Crippen molar-refractivity contribution in [2.75, 3.05) is 0 Å². The number of hydrogen-bond donors (Lipinski definition) is 3. The van der Waals surface area contributed by atoms with Crippen LogP contribution in [0.4, 0.5) is 0 Å². The van der Waals surface area contributed by atoms with Gasteiger partial charge in [-0.3, -0.25) is 0 Å². The van der Waals surface area contributed by atoms with Crippen molar-refractivity contribution >= 4 is 5.97 Å². The molecule has 164 valence electrons. The number of aliphatic hydroxyl groups is 2. The number of aromatic carboxylic acids is 1. The lowest BCUT2D eigenvalue weighted by Crippen LogP contribution is -2.23. The van der Waals surface area contributed by atoms with E-state index in [0.29, 0.717) is 23.8 Å². The fraction of sp³-hybridized carbons (Fsp3) is 0.577. The van der Waals surface area contributed by atoms with Crippen LogP contribution in [0.5, 0.6) is 0 Å². The van der Waals surface area contributed by atoms with Crippen molar-refractivity contribution in [2.45, 2.75) is 76.9 Å². The van der Waals surface area contributed by atoms with Crippen LogP contribution in [0.3, 0.4) is 0 Å². The lowest BCUT2D eigenvalue weighted by molar-refractivity contribution is 0.0513. The first kappa shape index (κ1) is 22.8. The van der Waals surface area contributed by atoms with E-state index >= 15 is 0 Å². The molecule has 0 bridgehead atoms. The van der Waals surface area contributed by atoms with Gasteiger partial charge in [0.2, 0.25) is 0 Å². The summed E-state index contributed by atoms with van der Waals surface area (Å²) < 4.78 is 0. The summed E-state index contributed by atoms with van der Waals surface area (Å²) >= 11 is 0. The van der Waals surface area contributed by atoms with Crippen molar-refractivity contribution in [1.29, 1.82) is 0 Å². The van der Waals surface area contributed by atoms with E-state index in [-0.39, 0.29) is 12.0 Å².